The SMILES string of the molecule is CC.Cc1c(-c2cccc(Cl)c2)n[nH]c1C1CCC(N)CC1. The zero-order valence-corrected chi connectivity index (χ0v) is 14.5. The van der Waals surface area contributed by atoms with Gasteiger partial charge in [-0.1, -0.05) is 37.6 Å². The molecule has 0 bridgehead atoms. The molecule has 0 aliphatic heterocycles. The van der Waals surface area contributed by atoms with Gasteiger partial charge in [0, 0.05) is 28.2 Å². The van der Waals surface area contributed by atoms with E-state index in [4.69, 9.17) is 17.3 Å². The van der Waals surface area contributed by atoms with Crippen LogP contribution in [-0.2, 0) is 0 Å². The zero-order valence-electron chi connectivity index (χ0n) is 13.7. The standard InChI is InChI=1S/C16H20ClN3.C2H6/c1-10-15(11-5-7-14(18)8-6-11)19-20-16(10)12-3-2-4-13(17)9-12;1-2/h2-4,9,11,14H,5-8,18H2,1H3,(H,19,20);1-2H3. The predicted octanol–water partition coefficient (Wildman–Crippen LogP) is 5.05. The molecule has 1 saturated carbocycles. The molecule has 0 unspecified atom stereocenters. The highest BCUT2D eigenvalue weighted by Gasteiger charge is 2.24. The molecule has 3 rings (SSSR count). The number of aromatic amines is 1. The Morgan fingerprint density at radius 3 is 2.50 bits per heavy atom. The van der Waals surface area contributed by atoms with E-state index in [1.165, 1.54) is 11.3 Å². The molecule has 0 radical (unpaired) electrons. The van der Waals surface area contributed by atoms with Gasteiger partial charge < -0.3 is 5.73 Å². The number of nitrogens with zero attached hydrogens (tertiary/aromatic N) is 1. The van der Waals surface area contributed by atoms with Crippen LogP contribution in [0.1, 0.15) is 56.7 Å². The van der Waals surface area contributed by atoms with Gasteiger partial charge in [-0.05, 0) is 50.3 Å². The summed E-state index contributed by atoms with van der Waals surface area (Å²) in [6, 6.07) is 8.24. The Morgan fingerprint density at radius 2 is 1.86 bits per heavy atom. The van der Waals surface area contributed by atoms with Crippen LogP contribution in [-0.4, -0.2) is 16.2 Å². The zero-order chi connectivity index (χ0) is 16.1. The number of hydrogen-bond donors (Lipinski definition) is 2. The van der Waals surface area contributed by atoms with Crippen LogP contribution in [0.3, 0.4) is 0 Å². The number of nitrogens with two attached hydrogens (primary N) is 1. The molecule has 3 N–H and O–H groups in total. The Morgan fingerprint density at radius 1 is 1.18 bits per heavy atom. The first-order valence-electron chi connectivity index (χ1n) is 8.21. The van der Waals surface area contributed by atoms with E-state index in [0.717, 1.165) is 42.0 Å². The molecule has 0 saturated heterocycles. The van der Waals surface area contributed by atoms with Crippen LogP contribution in [0.25, 0.3) is 11.3 Å². The maximum atomic E-state index is 6.07. The quantitative estimate of drug-likeness (QED) is 0.813. The van der Waals surface area contributed by atoms with Gasteiger partial charge in [-0.15, -0.1) is 0 Å². The van der Waals surface area contributed by atoms with Crippen molar-refractivity contribution < 1.29 is 0 Å². The minimum atomic E-state index is 0.377. The van der Waals surface area contributed by atoms with Gasteiger partial charge in [-0.25, -0.2) is 0 Å². The van der Waals surface area contributed by atoms with Gasteiger partial charge in [0.1, 0.15) is 0 Å². The number of nitrogens with one attached hydrogen (secondary N) is 1. The van der Waals surface area contributed by atoms with Crippen LogP contribution in [0, 0.1) is 6.92 Å². The first-order valence-corrected chi connectivity index (χ1v) is 8.59. The molecular weight excluding hydrogens is 294 g/mol. The summed E-state index contributed by atoms with van der Waals surface area (Å²) in [7, 11) is 0. The van der Waals surface area contributed by atoms with E-state index in [1.807, 2.05) is 32.0 Å². The van der Waals surface area contributed by atoms with Crippen LogP contribution in [0.5, 0.6) is 0 Å². The number of benzene rings is 1. The van der Waals surface area contributed by atoms with E-state index in [9.17, 15) is 0 Å². The molecule has 1 fully saturated rings. The first-order chi connectivity index (χ1) is 10.6. The van der Waals surface area contributed by atoms with Crippen LogP contribution in [0.15, 0.2) is 24.3 Å². The second kappa shape index (κ2) is 7.80. The molecule has 1 aliphatic rings. The molecular formula is C18H26ClN3. The highest BCUT2D eigenvalue weighted by atomic mass is 35.5. The van der Waals surface area contributed by atoms with Crippen molar-refractivity contribution in [3.8, 4) is 11.3 Å². The molecule has 3 nitrogen and oxygen atoms in total. The summed E-state index contributed by atoms with van der Waals surface area (Å²) in [5.74, 6) is 0.565. The van der Waals surface area contributed by atoms with Crippen molar-refractivity contribution in [2.75, 3.05) is 0 Å². The summed E-state index contributed by atoms with van der Waals surface area (Å²) < 4.78 is 0. The summed E-state index contributed by atoms with van der Waals surface area (Å²) in [6.07, 6.45) is 4.52. The Hall–Kier alpha value is -1.32. The second-order valence-corrected chi connectivity index (χ2v) is 6.17. The van der Waals surface area contributed by atoms with Gasteiger partial charge in [0.2, 0.25) is 0 Å². The van der Waals surface area contributed by atoms with Gasteiger partial charge in [-0.2, -0.15) is 5.10 Å². The maximum Gasteiger partial charge on any atom is 0.0953 e. The van der Waals surface area contributed by atoms with Crippen molar-refractivity contribution in [3.63, 3.8) is 0 Å². The summed E-state index contributed by atoms with van der Waals surface area (Å²) in [5, 5.41) is 8.49. The lowest BCUT2D eigenvalue weighted by atomic mass is 9.83. The van der Waals surface area contributed by atoms with Crippen molar-refractivity contribution in [1.82, 2.24) is 10.2 Å². The molecule has 1 aromatic carbocycles. The summed E-state index contributed by atoms with van der Waals surface area (Å²) in [5.41, 5.74) is 10.6. The van der Waals surface area contributed by atoms with Gasteiger partial charge in [0.15, 0.2) is 0 Å². The number of rotatable bonds is 2. The van der Waals surface area contributed by atoms with E-state index in [-0.39, 0.29) is 0 Å². The normalized spacial score (nSPS) is 21.1. The summed E-state index contributed by atoms with van der Waals surface area (Å²) in [4.78, 5) is 0. The number of halogens is 1. The Labute approximate surface area is 138 Å². The van der Waals surface area contributed by atoms with Gasteiger partial charge in [0.05, 0.1) is 5.69 Å². The molecule has 1 aromatic heterocycles. The highest BCUT2D eigenvalue weighted by Crippen LogP contribution is 2.35. The third-order valence-corrected chi connectivity index (χ3v) is 4.56. The smallest absolute Gasteiger partial charge is 0.0953 e. The van der Waals surface area contributed by atoms with E-state index in [2.05, 4.69) is 23.2 Å². The summed E-state index contributed by atoms with van der Waals surface area (Å²) >= 11 is 6.07. The van der Waals surface area contributed by atoms with Gasteiger partial charge >= 0.3 is 0 Å². The Kier molecular flexibility index (Phi) is 6.04. The lowest BCUT2D eigenvalue weighted by Gasteiger charge is -2.25. The molecule has 2 aromatic rings. The lowest BCUT2D eigenvalue weighted by molar-refractivity contribution is 0.389. The number of H-pyrrole nitrogens is 1. The monoisotopic (exact) mass is 319 g/mol. The molecule has 1 aliphatic carbocycles. The molecule has 0 spiro atoms. The first kappa shape index (κ1) is 17.0. The molecule has 120 valence electrons. The topological polar surface area (TPSA) is 54.7 Å². The third kappa shape index (κ3) is 3.71. The predicted molar refractivity (Wildman–Crippen MR) is 94.3 cm³/mol. The van der Waals surface area contributed by atoms with E-state index in [0.29, 0.717) is 12.0 Å². The minimum Gasteiger partial charge on any atom is -0.328 e. The fourth-order valence-electron chi connectivity index (χ4n) is 3.13. The van der Waals surface area contributed by atoms with E-state index in [1.54, 1.807) is 0 Å². The molecule has 1 heterocycles. The number of hydrogen-bond acceptors (Lipinski definition) is 2. The van der Waals surface area contributed by atoms with Gasteiger partial charge in [-0.3, -0.25) is 5.10 Å². The van der Waals surface area contributed by atoms with Crippen LogP contribution < -0.4 is 5.73 Å². The third-order valence-electron chi connectivity index (χ3n) is 4.33. The average Bonchev–Trinajstić information content (AvgIpc) is 2.92. The van der Waals surface area contributed by atoms with Crippen molar-refractivity contribution >= 4 is 11.6 Å². The summed E-state index contributed by atoms with van der Waals surface area (Å²) in [6.45, 7) is 6.14. The molecule has 0 atom stereocenters. The van der Waals surface area contributed by atoms with Crippen molar-refractivity contribution in [1.29, 1.82) is 0 Å². The van der Waals surface area contributed by atoms with Crippen molar-refractivity contribution in [2.24, 2.45) is 5.73 Å². The van der Waals surface area contributed by atoms with E-state index >= 15 is 0 Å². The fourth-order valence-corrected chi connectivity index (χ4v) is 3.32. The minimum absolute atomic E-state index is 0.377. The molecule has 4 heteroatoms. The van der Waals surface area contributed by atoms with Crippen molar-refractivity contribution in [2.45, 2.75) is 58.4 Å². The molecule has 22 heavy (non-hydrogen) atoms. The van der Waals surface area contributed by atoms with Crippen LogP contribution in [0.2, 0.25) is 5.02 Å². The van der Waals surface area contributed by atoms with Crippen molar-refractivity contribution in [3.05, 3.63) is 40.5 Å². The second-order valence-electron chi connectivity index (χ2n) is 5.73. The fraction of sp³-hybridized carbons (Fsp3) is 0.500. The molecule has 0 amide bonds. The Balaban J connectivity index is 0.000000847. The highest BCUT2D eigenvalue weighted by molar-refractivity contribution is 6.30. The maximum absolute atomic E-state index is 6.07. The number of aromatic nitrogens is 2. The Bertz CT molecular complexity index is 598. The van der Waals surface area contributed by atoms with Crippen LogP contribution >= 0.6 is 11.6 Å². The van der Waals surface area contributed by atoms with Crippen LogP contribution in [0.4, 0.5) is 0 Å². The van der Waals surface area contributed by atoms with Gasteiger partial charge in [0.25, 0.3) is 0 Å². The van der Waals surface area contributed by atoms with E-state index < -0.39 is 0 Å². The largest absolute Gasteiger partial charge is 0.328 e. The average molecular weight is 320 g/mol. The lowest BCUT2D eigenvalue weighted by Crippen LogP contribution is -2.26.